The predicted molar refractivity (Wildman–Crippen MR) is 85.4 cm³/mol. The fourth-order valence-electron chi connectivity index (χ4n) is 2.58. The van der Waals surface area contributed by atoms with Crippen LogP contribution in [0, 0.1) is 0 Å². The highest BCUT2D eigenvalue weighted by Gasteiger charge is 2.51. The first-order chi connectivity index (χ1) is 9.82. The summed E-state index contributed by atoms with van der Waals surface area (Å²) >= 11 is 0. The molecule has 1 aromatic carbocycles. The molecule has 1 fully saturated rings. The summed E-state index contributed by atoms with van der Waals surface area (Å²) in [5.41, 5.74) is 1.41. The summed E-state index contributed by atoms with van der Waals surface area (Å²) in [6.45, 7) is 11.3. The molecule has 21 heavy (non-hydrogen) atoms. The molecule has 0 bridgehead atoms. The van der Waals surface area contributed by atoms with Crippen LogP contribution in [-0.4, -0.2) is 31.0 Å². The summed E-state index contributed by atoms with van der Waals surface area (Å²) in [6.07, 6.45) is 1.22. The Morgan fingerprint density at radius 2 is 1.86 bits per heavy atom. The van der Waals surface area contributed by atoms with E-state index in [0.29, 0.717) is 0 Å². The van der Waals surface area contributed by atoms with Crippen molar-refractivity contribution >= 4 is 18.3 Å². The third-order valence-electron chi connectivity index (χ3n) is 4.80. The van der Waals surface area contributed by atoms with Crippen LogP contribution in [0.25, 0.3) is 0 Å². The van der Waals surface area contributed by atoms with Gasteiger partial charge in [0.25, 0.3) is 0 Å². The number of benzene rings is 1. The first kappa shape index (κ1) is 14.7. The maximum Gasteiger partial charge on any atom is 0.494 e. The second-order valence-corrected chi connectivity index (χ2v) is 6.87. The third-order valence-corrected chi connectivity index (χ3v) is 4.80. The molecule has 1 N–H and O–H groups in total. The molecule has 2 aliphatic heterocycles. The molecule has 1 aromatic rings. The molecule has 2 aliphatic rings. The zero-order chi connectivity index (χ0) is 15.3. The quantitative estimate of drug-likeness (QED) is 0.849. The van der Waals surface area contributed by atoms with Crippen molar-refractivity contribution in [3.05, 3.63) is 18.2 Å². The molecule has 4 nitrogen and oxygen atoms in total. The first-order valence-corrected chi connectivity index (χ1v) is 7.72. The molecule has 114 valence electrons. The Morgan fingerprint density at radius 3 is 2.48 bits per heavy atom. The van der Waals surface area contributed by atoms with Gasteiger partial charge in [-0.05, 0) is 51.7 Å². The van der Waals surface area contributed by atoms with Crippen molar-refractivity contribution in [1.29, 1.82) is 0 Å². The van der Waals surface area contributed by atoms with Crippen molar-refractivity contribution in [3.8, 4) is 5.75 Å². The summed E-state index contributed by atoms with van der Waals surface area (Å²) in [7, 11) is -0.342. The van der Waals surface area contributed by atoms with E-state index in [1.807, 2.05) is 18.2 Å². The number of hydrogen-bond acceptors (Lipinski definition) is 4. The van der Waals surface area contributed by atoms with Crippen molar-refractivity contribution in [1.82, 2.24) is 0 Å². The average molecular weight is 289 g/mol. The highest BCUT2D eigenvalue weighted by Crippen LogP contribution is 2.37. The molecule has 1 atom stereocenters. The van der Waals surface area contributed by atoms with Gasteiger partial charge in [-0.2, -0.15) is 0 Å². The fraction of sp³-hybridized carbons (Fsp3) is 0.625. The zero-order valence-electron chi connectivity index (χ0n) is 13.5. The standard InChI is InChI=1S/C16H24BNO3/c1-6-12-10-18-13-8-7-11(9-14(13)19-12)17-20-15(2,3)16(4,5)21-17/h7-9,12,18H,6,10H2,1-5H3. The monoisotopic (exact) mass is 289 g/mol. The fourth-order valence-corrected chi connectivity index (χ4v) is 2.58. The third kappa shape index (κ3) is 2.53. The molecule has 1 unspecified atom stereocenters. The van der Waals surface area contributed by atoms with Crippen LogP contribution >= 0.6 is 0 Å². The van der Waals surface area contributed by atoms with E-state index >= 15 is 0 Å². The minimum atomic E-state index is -0.342. The highest BCUT2D eigenvalue weighted by atomic mass is 16.7. The molecule has 0 aliphatic carbocycles. The largest absolute Gasteiger partial charge is 0.494 e. The number of anilines is 1. The number of ether oxygens (including phenoxy) is 1. The van der Waals surface area contributed by atoms with Gasteiger partial charge in [0.2, 0.25) is 0 Å². The van der Waals surface area contributed by atoms with E-state index in [0.717, 1.165) is 29.9 Å². The van der Waals surface area contributed by atoms with Gasteiger partial charge in [0, 0.05) is 0 Å². The van der Waals surface area contributed by atoms with Crippen molar-refractivity contribution in [2.75, 3.05) is 11.9 Å². The lowest BCUT2D eigenvalue weighted by Crippen LogP contribution is -2.41. The second-order valence-electron chi connectivity index (χ2n) is 6.87. The Morgan fingerprint density at radius 1 is 1.19 bits per heavy atom. The van der Waals surface area contributed by atoms with Crippen molar-refractivity contribution in [3.63, 3.8) is 0 Å². The average Bonchev–Trinajstić information content (AvgIpc) is 2.66. The van der Waals surface area contributed by atoms with Crippen LogP contribution in [0.2, 0.25) is 0 Å². The smallest absolute Gasteiger partial charge is 0.486 e. The lowest BCUT2D eigenvalue weighted by Gasteiger charge is -2.32. The number of fused-ring (bicyclic) bond motifs is 1. The Balaban J connectivity index is 1.85. The summed E-state index contributed by atoms with van der Waals surface area (Å²) in [5, 5.41) is 3.41. The van der Waals surface area contributed by atoms with E-state index in [-0.39, 0.29) is 24.4 Å². The summed E-state index contributed by atoms with van der Waals surface area (Å²) in [5.74, 6) is 0.889. The second kappa shape index (κ2) is 4.92. The van der Waals surface area contributed by atoms with Gasteiger partial charge in [0.05, 0.1) is 23.4 Å². The van der Waals surface area contributed by atoms with E-state index in [1.165, 1.54) is 0 Å². The Labute approximate surface area is 127 Å². The van der Waals surface area contributed by atoms with Crippen LogP contribution in [-0.2, 0) is 9.31 Å². The van der Waals surface area contributed by atoms with Gasteiger partial charge < -0.3 is 19.4 Å². The molecule has 0 amide bonds. The molecule has 0 radical (unpaired) electrons. The molecule has 2 heterocycles. The number of nitrogens with one attached hydrogen (secondary N) is 1. The molecule has 1 saturated heterocycles. The topological polar surface area (TPSA) is 39.7 Å². The Hall–Kier alpha value is -1.20. The summed E-state index contributed by atoms with van der Waals surface area (Å²) < 4.78 is 18.2. The van der Waals surface area contributed by atoms with E-state index in [1.54, 1.807) is 0 Å². The lowest BCUT2D eigenvalue weighted by atomic mass is 9.79. The minimum Gasteiger partial charge on any atom is -0.486 e. The summed E-state index contributed by atoms with van der Waals surface area (Å²) in [6, 6.07) is 6.12. The summed E-state index contributed by atoms with van der Waals surface area (Å²) in [4.78, 5) is 0. The van der Waals surface area contributed by atoms with E-state index in [2.05, 4.69) is 39.9 Å². The van der Waals surface area contributed by atoms with E-state index in [4.69, 9.17) is 14.0 Å². The van der Waals surface area contributed by atoms with Gasteiger partial charge in [-0.1, -0.05) is 13.0 Å². The maximum atomic E-state index is 6.10. The van der Waals surface area contributed by atoms with Crippen LogP contribution in [0.15, 0.2) is 18.2 Å². The molecular weight excluding hydrogens is 265 g/mol. The molecule has 0 aromatic heterocycles. The minimum absolute atomic E-state index is 0.228. The van der Waals surface area contributed by atoms with Gasteiger partial charge in [0.1, 0.15) is 11.9 Å². The van der Waals surface area contributed by atoms with Crippen LogP contribution in [0.4, 0.5) is 5.69 Å². The van der Waals surface area contributed by atoms with E-state index < -0.39 is 0 Å². The number of rotatable bonds is 2. The highest BCUT2D eigenvalue weighted by molar-refractivity contribution is 6.62. The van der Waals surface area contributed by atoms with Crippen molar-refractivity contribution < 1.29 is 14.0 Å². The zero-order valence-corrected chi connectivity index (χ0v) is 13.5. The van der Waals surface area contributed by atoms with Gasteiger partial charge in [-0.15, -0.1) is 0 Å². The Bertz CT molecular complexity index is 528. The predicted octanol–water partition coefficient (Wildman–Crippen LogP) is 2.57. The van der Waals surface area contributed by atoms with Crippen LogP contribution in [0.1, 0.15) is 41.0 Å². The maximum absolute atomic E-state index is 6.10. The van der Waals surface area contributed by atoms with Crippen LogP contribution in [0.5, 0.6) is 5.75 Å². The van der Waals surface area contributed by atoms with E-state index in [9.17, 15) is 0 Å². The van der Waals surface area contributed by atoms with Crippen LogP contribution in [0.3, 0.4) is 0 Å². The van der Waals surface area contributed by atoms with Gasteiger partial charge in [-0.25, -0.2) is 0 Å². The van der Waals surface area contributed by atoms with Gasteiger partial charge in [-0.3, -0.25) is 0 Å². The number of hydrogen-bond donors (Lipinski definition) is 1. The molecule has 5 heteroatoms. The van der Waals surface area contributed by atoms with Crippen molar-refractivity contribution in [2.45, 2.75) is 58.3 Å². The SMILES string of the molecule is CCC1CNc2ccc(B3OC(C)(C)C(C)(C)O3)cc2O1. The first-order valence-electron chi connectivity index (χ1n) is 7.72. The lowest BCUT2D eigenvalue weighted by molar-refractivity contribution is 0.00578. The molecule has 3 rings (SSSR count). The Kier molecular flexibility index (Phi) is 3.45. The normalized spacial score (nSPS) is 26.0. The van der Waals surface area contributed by atoms with Crippen molar-refractivity contribution in [2.24, 2.45) is 0 Å². The molecular formula is C16H24BNO3. The van der Waals surface area contributed by atoms with Gasteiger partial charge in [0.15, 0.2) is 0 Å². The molecule has 0 spiro atoms. The van der Waals surface area contributed by atoms with Gasteiger partial charge >= 0.3 is 7.12 Å². The molecule has 0 saturated carbocycles. The van der Waals surface area contributed by atoms with Crippen LogP contribution < -0.4 is 15.5 Å².